The molecule has 0 spiro atoms. The molecule has 2 N–H and O–H groups in total. The number of halogens is 1. The van der Waals surface area contributed by atoms with E-state index in [4.69, 9.17) is 14.8 Å². The van der Waals surface area contributed by atoms with Crippen LogP contribution in [0.1, 0.15) is 0 Å². The van der Waals surface area contributed by atoms with Crippen LogP contribution in [-0.2, 0) is 0 Å². The van der Waals surface area contributed by atoms with Crippen molar-refractivity contribution in [3.05, 3.63) is 24.0 Å². The van der Waals surface area contributed by atoms with Crippen LogP contribution in [0.5, 0.6) is 11.5 Å². The van der Waals surface area contributed by atoms with Crippen LogP contribution in [-0.4, -0.2) is 24.5 Å². The van der Waals surface area contributed by atoms with Crippen molar-refractivity contribution < 1.29 is 23.8 Å². The Morgan fingerprint density at radius 3 is 2.54 bits per heavy atom. The summed E-state index contributed by atoms with van der Waals surface area (Å²) >= 11 is 0. The smallest absolute Gasteiger partial charge is 0.510 e. The Morgan fingerprint density at radius 1 is 1.38 bits per heavy atom. The molecule has 70 valence electrons. The standard InChI is InChI=1S/C7H8BFO4/c1-12-5-2-3-7(6(9)4-5)13-8(10)11/h2-4,10-11H,1H3. The lowest BCUT2D eigenvalue weighted by Gasteiger charge is -2.06. The number of hydrogen-bond donors (Lipinski definition) is 2. The van der Waals surface area contributed by atoms with E-state index in [9.17, 15) is 4.39 Å². The van der Waals surface area contributed by atoms with Gasteiger partial charge in [-0.2, -0.15) is 0 Å². The molecule has 0 saturated carbocycles. The molecule has 0 saturated heterocycles. The van der Waals surface area contributed by atoms with Crippen molar-refractivity contribution in [3.8, 4) is 11.5 Å². The Kier molecular flexibility index (Phi) is 3.10. The molecule has 0 aliphatic heterocycles. The second kappa shape index (κ2) is 4.11. The molecule has 6 heteroatoms. The zero-order chi connectivity index (χ0) is 9.84. The SMILES string of the molecule is COc1ccc(OB(O)O)c(F)c1. The second-order valence-electron chi connectivity index (χ2n) is 2.24. The van der Waals surface area contributed by atoms with Gasteiger partial charge in [0, 0.05) is 6.07 Å². The first-order valence-corrected chi connectivity index (χ1v) is 3.50. The van der Waals surface area contributed by atoms with Crippen LogP contribution < -0.4 is 9.39 Å². The van der Waals surface area contributed by atoms with Gasteiger partial charge >= 0.3 is 7.32 Å². The maximum atomic E-state index is 13.0. The van der Waals surface area contributed by atoms with Crippen LogP contribution in [0.2, 0.25) is 0 Å². The number of ether oxygens (including phenoxy) is 1. The average Bonchev–Trinajstić information content (AvgIpc) is 2.08. The van der Waals surface area contributed by atoms with Crippen molar-refractivity contribution in [2.75, 3.05) is 7.11 Å². The molecule has 0 heterocycles. The fourth-order valence-electron chi connectivity index (χ4n) is 0.818. The number of methoxy groups -OCH3 is 1. The highest BCUT2D eigenvalue weighted by Crippen LogP contribution is 2.22. The van der Waals surface area contributed by atoms with E-state index in [1.165, 1.54) is 19.2 Å². The Labute approximate surface area is 74.7 Å². The number of rotatable bonds is 3. The molecule has 4 nitrogen and oxygen atoms in total. The van der Waals surface area contributed by atoms with E-state index in [2.05, 4.69) is 4.65 Å². The summed E-state index contributed by atoms with van der Waals surface area (Å²) in [7, 11) is -0.626. The van der Waals surface area contributed by atoms with Crippen molar-refractivity contribution >= 4 is 7.32 Å². The first kappa shape index (κ1) is 9.82. The van der Waals surface area contributed by atoms with Crippen LogP contribution in [0.15, 0.2) is 18.2 Å². The van der Waals surface area contributed by atoms with Gasteiger partial charge in [0.05, 0.1) is 7.11 Å². The Bertz CT molecular complexity index is 292. The summed E-state index contributed by atoms with van der Waals surface area (Å²) in [6, 6.07) is 3.77. The Balaban J connectivity index is 2.85. The van der Waals surface area contributed by atoms with E-state index in [-0.39, 0.29) is 5.75 Å². The summed E-state index contributed by atoms with van der Waals surface area (Å²) < 4.78 is 22.0. The minimum absolute atomic E-state index is 0.240. The summed E-state index contributed by atoms with van der Waals surface area (Å²) in [6.45, 7) is 0. The fourth-order valence-corrected chi connectivity index (χ4v) is 0.818. The lowest BCUT2D eigenvalue weighted by atomic mass is 10.2. The lowest BCUT2D eigenvalue weighted by Crippen LogP contribution is -2.21. The minimum Gasteiger partial charge on any atom is -0.510 e. The summed E-state index contributed by atoms with van der Waals surface area (Å²) in [5.41, 5.74) is 0. The molecular formula is C7H8BFO4. The molecule has 0 fully saturated rings. The molecule has 1 aromatic carbocycles. The predicted octanol–water partition coefficient (Wildman–Crippen LogP) is 0.183. The molecule has 0 bridgehead atoms. The number of hydrogen-bond acceptors (Lipinski definition) is 4. The highest BCUT2D eigenvalue weighted by atomic mass is 19.1. The van der Waals surface area contributed by atoms with E-state index in [0.717, 1.165) is 6.07 Å². The predicted molar refractivity (Wildman–Crippen MR) is 43.8 cm³/mol. The van der Waals surface area contributed by atoms with Gasteiger partial charge in [-0.1, -0.05) is 0 Å². The quantitative estimate of drug-likeness (QED) is 0.661. The molecule has 0 aromatic heterocycles. The summed E-state index contributed by atoms with van der Waals surface area (Å²) in [4.78, 5) is 0. The van der Waals surface area contributed by atoms with Crippen LogP contribution in [0.4, 0.5) is 4.39 Å². The van der Waals surface area contributed by atoms with Gasteiger partial charge in [-0.3, -0.25) is 0 Å². The van der Waals surface area contributed by atoms with Gasteiger partial charge in [0.2, 0.25) is 0 Å². The Hall–Kier alpha value is -1.27. The maximum absolute atomic E-state index is 13.0. The summed E-state index contributed by atoms with van der Waals surface area (Å²) in [5, 5.41) is 16.8. The second-order valence-corrected chi connectivity index (χ2v) is 2.24. The van der Waals surface area contributed by atoms with Crippen molar-refractivity contribution in [2.45, 2.75) is 0 Å². The van der Waals surface area contributed by atoms with Gasteiger partial charge < -0.3 is 19.4 Å². The molecule has 13 heavy (non-hydrogen) atoms. The molecular weight excluding hydrogens is 178 g/mol. The molecule has 1 rings (SSSR count). The molecule has 0 amide bonds. The van der Waals surface area contributed by atoms with E-state index in [1.54, 1.807) is 0 Å². The van der Waals surface area contributed by atoms with Gasteiger partial charge in [-0.25, -0.2) is 4.39 Å². The lowest BCUT2D eigenvalue weighted by molar-refractivity contribution is 0.281. The van der Waals surface area contributed by atoms with E-state index in [0.29, 0.717) is 5.75 Å². The zero-order valence-electron chi connectivity index (χ0n) is 6.90. The van der Waals surface area contributed by atoms with Gasteiger partial charge in [0.25, 0.3) is 0 Å². The largest absolute Gasteiger partial charge is 0.707 e. The molecule has 0 radical (unpaired) electrons. The van der Waals surface area contributed by atoms with Crippen molar-refractivity contribution in [1.82, 2.24) is 0 Å². The van der Waals surface area contributed by atoms with Crippen molar-refractivity contribution in [3.63, 3.8) is 0 Å². The van der Waals surface area contributed by atoms with Crippen molar-refractivity contribution in [1.29, 1.82) is 0 Å². The topological polar surface area (TPSA) is 58.9 Å². The van der Waals surface area contributed by atoms with E-state index >= 15 is 0 Å². The summed E-state index contributed by atoms with van der Waals surface area (Å²) in [5.74, 6) is -0.625. The maximum Gasteiger partial charge on any atom is 0.707 e. The fraction of sp³-hybridized carbons (Fsp3) is 0.143. The highest BCUT2D eigenvalue weighted by Gasteiger charge is 2.14. The summed E-state index contributed by atoms with van der Waals surface area (Å²) in [6.07, 6.45) is 0. The van der Waals surface area contributed by atoms with E-state index in [1.807, 2.05) is 0 Å². The van der Waals surface area contributed by atoms with Gasteiger partial charge in [0.15, 0.2) is 5.82 Å². The zero-order valence-corrected chi connectivity index (χ0v) is 6.90. The van der Waals surface area contributed by atoms with Crippen LogP contribution >= 0.6 is 0 Å². The third-order valence-electron chi connectivity index (χ3n) is 1.37. The normalized spacial score (nSPS) is 9.54. The molecule has 1 aromatic rings. The van der Waals surface area contributed by atoms with Crippen LogP contribution in [0, 0.1) is 5.82 Å². The highest BCUT2D eigenvalue weighted by molar-refractivity contribution is 6.33. The number of benzene rings is 1. The monoisotopic (exact) mass is 186 g/mol. The van der Waals surface area contributed by atoms with Crippen LogP contribution in [0.3, 0.4) is 0 Å². The molecule has 0 unspecified atom stereocenters. The molecule has 0 aliphatic carbocycles. The average molecular weight is 186 g/mol. The third kappa shape index (κ3) is 2.60. The molecule has 0 atom stereocenters. The van der Waals surface area contributed by atoms with Gasteiger partial charge in [-0.15, -0.1) is 0 Å². The third-order valence-corrected chi connectivity index (χ3v) is 1.37. The van der Waals surface area contributed by atoms with Crippen molar-refractivity contribution in [2.24, 2.45) is 0 Å². The first-order chi connectivity index (χ1) is 6.13. The molecule has 0 aliphatic rings. The van der Waals surface area contributed by atoms with E-state index < -0.39 is 13.1 Å². The Morgan fingerprint density at radius 2 is 2.08 bits per heavy atom. The van der Waals surface area contributed by atoms with Gasteiger partial charge in [0.1, 0.15) is 11.5 Å². The minimum atomic E-state index is -2.03. The first-order valence-electron chi connectivity index (χ1n) is 3.50. The van der Waals surface area contributed by atoms with Gasteiger partial charge in [-0.05, 0) is 12.1 Å². The van der Waals surface area contributed by atoms with Crippen LogP contribution in [0.25, 0.3) is 0 Å².